The number of carbonyl (C=O) groups excluding carboxylic acids is 2. The van der Waals surface area contributed by atoms with E-state index in [2.05, 4.69) is 10.1 Å². The van der Waals surface area contributed by atoms with E-state index in [9.17, 15) is 9.59 Å². The minimum absolute atomic E-state index is 0.110. The summed E-state index contributed by atoms with van der Waals surface area (Å²) in [6.07, 6.45) is 2.50. The quantitative estimate of drug-likeness (QED) is 0.588. The molecule has 10 heteroatoms. The van der Waals surface area contributed by atoms with Crippen molar-refractivity contribution >= 4 is 23.6 Å². The van der Waals surface area contributed by atoms with E-state index in [1.807, 2.05) is 30.3 Å². The van der Waals surface area contributed by atoms with Crippen molar-refractivity contribution in [1.29, 1.82) is 0 Å². The third kappa shape index (κ3) is 4.23. The number of rotatable bonds is 9. The number of amides is 3. The molecule has 4 rings (SSSR count). The molecular formula is C22H28N6O4. The van der Waals surface area contributed by atoms with E-state index in [0.29, 0.717) is 51.0 Å². The topological polar surface area (TPSA) is 92.5 Å². The fourth-order valence-electron chi connectivity index (χ4n) is 3.92. The summed E-state index contributed by atoms with van der Waals surface area (Å²) in [6, 6.07) is 9.30. The van der Waals surface area contributed by atoms with Gasteiger partial charge in [-0.05, 0) is 18.6 Å². The molecule has 3 heterocycles. The molecule has 0 radical (unpaired) electrons. The van der Waals surface area contributed by atoms with Crippen molar-refractivity contribution in [2.24, 2.45) is 4.99 Å². The first-order chi connectivity index (χ1) is 15.7. The summed E-state index contributed by atoms with van der Waals surface area (Å²) in [5.41, 5.74) is 1.56. The number of benzene rings is 1. The molecule has 2 aliphatic heterocycles. The average molecular weight is 441 g/mol. The molecule has 0 bridgehead atoms. The number of aromatic nitrogens is 2. The lowest BCUT2D eigenvalue weighted by atomic mass is 10.1. The maximum Gasteiger partial charge on any atom is 0.331 e. The van der Waals surface area contributed by atoms with Crippen LogP contribution in [0.3, 0.4) is 0 Å². The molecule has 1 aromatic heterocycles. The Morgan fingerprint density at radius 1 is 1.12 bits per heavy atom. The van der Waals surface area contributed by atoms with Crippen LogP contribution in [-0.2, 0) is 14.3 Å². The van der Waals surface area contributed by atoms with Crippen LogP contribution in [0.1, 0.15) is 12.0 Å². The van der Waals surface area contributed by atoms with Crippen LogP contribution >= 0.6 is 0 Å². The minimum atomic E-state index is -0.264. The van der Waals surface area contributed by atoms with Gasteiger partial charge in [-0.25, -0.2) is 9.48 Å². The second kappa shape index (κ2) is 9.92. The van der Waals surface area contributed by atoms with Crippen molar-refractivity contribution in [1.82, 2.24) is 19.6 Å². The molecule has 32 heavy (non-hydrogen) atoms. The third-order valence-corrected chi connectivity index (χ3v) is 5.54. The maximum absolute atomic E-state index is 13.5. The summed E-state index contributed by atoms with van der Waals surface area (Å²) >= 11 is 0. The second-order valence-corrected chi connectivity index (χ2v) is 7.57. The standard InChI is InChI=1S/C22H28N6O4/c1-31-13-11-25(12-14-32-2)19(29)16-27-21-18(20-23-9-6-10-26(20)22(27)30)15-24-28(21)17-7-4-3-5-8-17/h3-5,7-8,15H,6,9-14,16H2,1-2H3. The van der Waals surface area contributed by atoms with E-state index >= 15 is 0 Å². The highest BCUT2D eigenvalue weighted by molar-refractivity contribution is 6.19. The first kappa shape index (κ1) is 22.0. The van der Waals surface area contributed by atoms with E-state index < -0.39 is 0 Å². The zero-order valence-corrected chi connectivity index (χ0v) is 18.4. The van der Waals surface area contributed by atoms with Crippen LogP contribution in [0.4, 0.5) is 10.6 Å². The third-order valence-electron chi connectivity index (χ3n) is 5.54. The van der Waals surface area contributed by atoms with Gasteiger partial charge in [0.15, 0.2) is 5.82 Å². The van der Waals surface area contributed by atoms with E-state index in [-0.39, 0.29) is 18.5 Å². The number of nitrogens with zero attached hydrogens (tertiary/aromatic N) is 6. The molecule has 0 spiro atoms. The number of ether oxygens (including phenoxy) is 2. The van der Waals surface area contributed by atoms with Gasteiger partial charge in [-0.1, -0.05) is 18.2 Å². The molecule has 0 saturated heterocycles. The summed E-state index contributed by atoms with van der Waals surface area (Å²) in [6.45, 7) is 2.76. The van der Waals surface area contributed by atoms with Gasteiger partial charge in [0.05, 0.1) is 30.7 Å². The second-order valence-electron chi connectivity index (χ2n) is 7.57. The van der Waals surface area contributed by atoms with Gasteiger partial charge in [0.1, 0.15) is 12.4 Å². The van der Waals surface area contributed by atoms with E-state index in [4.69, 9.17) is 9.47 Å². The Morgan fingerprint density at radius 3 is 2.53 bits per heavy atom. The molecule has 2 aromatic rings. The largest absolute Gasteiger partial charge is 0.383 e. The van der Waals surface area contributed by atoms with Gasteiger partial charge in [-0.2, -0.15) is 5.10 Å². The Kier molecular flexibility index (Phi) is 6.81. The number of hydrogen-bond donors (Lipinski definition) is 0. The fourth-order valence-corrected chi connectivity index (χ4v) is 3.92. The fraction of sp³-hybridized carbons (Fsp3) is 0.455. The average Bonchev–Trinajstić information content (AvgIpc) is 3.27. The predicted molar refractivity (Wildman–Crippen MR) is 119 cm³/mol. The Hall–Kier alpha value is -3.24. The summed E-state index contributed by atoms with van der Waals surface area (Å²) in [5.74, 6) is 0.999. The highest BCUT2D eigenvalue weighted by Gasteiger charge is 2.40. The molecule has 0 fully saturated rings. The van der Waals surface area contributed by atoms with Gasteiger partial charge < -0.3 is 14.4 Å². The van der Waals surface area contributed by atoms with Crippen LogP contribution < -0.4 is 4.90 Å². The molecule has 0 aliphatic carbocycles. The van der Waals surface area contributed by atoms with E-state index in [1.165, 1.54) is 4.90 Å². The lowest BCUT2D eigenvalue weighted by molar-refractivity contribution is -0.130. The Bertz CT molecular complexity index is 982. The molecule has 0 saturated carbocycles. The number of aliphatic imine (C=N–C) groups is 1. The Balaban J connectivity index is 1.71. The Labute approximate surface area is 187 Å². The highest BCUT2D eigenvalue weighted by atomic mass is 16.5. The maximum atomic E-state index is 13.5. The molecule has 3 amide bonds. The summed E-state index contributed by atoms with van der Waals surface area (Å²) in [7, 11) is 3.18. The summed E-state index contributed by atoms with van der Waals surface area (Å²) in [5, 5.41) is 4.55. The van der Waals surface area contributed by atoms with Crippen molar-refractivity contribution < 1.29 is 19.1 Å². The first-order valence-electron chi connectivity index (χ1n) is 10.7. The van der Waals surface area contributed by atoms with Crippen molar-refractivity contribution in [3.8, 4) is 5.69 Å². The SMILES string of the molecule is COCCN(CCOC)C(=O)CN1C(=O)N2CCCN=C2c2cnn(-c3ccccc3)c21. The molecule has 0 unspecified atom stereocenters. The van der Waals surface area contributed by atoms with Crippen molar-refractivity contribution in [3.05, 3.63) is 42.1 Å². The molecule has 0 atom stereocenters. The van der Waals surface area contributed by atoms with Crippen LogP contribution in [0.25, 0.3) is 5.69 Å². The summed E-state index contributed by atoms with van der Waals surface area (Å²) in [4.78, 5) is 36.2. The van der Waals surface area contributed by atoms with Gasteiger partial charge in [0.25, 0.3) is 0 Å². The number of urea groups is 1. The Morgan fingerprint density at radius 2 is 1.84 bits per heavy atom. The molecule has 170 valence electrons. The van der Waals surface area contributed by atoms with Gasteiger partial charge in [0, 0.05) is 40.4 Å². The van der Waals surface area contributed by atoms with Crippen molar-refractivity contribution in [2.75, 3.05) is 65.1 Å². The number of fused-ring (bicyclic) bond motifs is 3. The zero-order chi connectivity index (χ0) is 22.5. The van der Waals surface area contributed by atoms with Crippen LogP contribution in [0.5, 0.6) is 0 Å². The number of methoxy groups -OCH3 is 2. The lowest BCUT2D eigenvalue weighted by Crippen LogP contribution is -2.56. The van der Waals surface area contributed by atoms with E-state index in [0.717, 1.165) is 17.7 Å². The number of hydrogen-bond acceptors (Lipinski definition) is 6. The first-order valence-corrected chi connectivity index (χ1v) is 10.7. The summed E-state index contributed by atoms with van der Waals surface area (Å²) < 4.78 is 12.0. The molecule has 1 aromatic carbocycles. The number of amidine groups is 1. The zero-order valence-electron chi connectivity index (χ0n) is 18.4. The van der Waals surface area contributed by atoms with Crippen LogP contribution in [0.2, 0.25) is 0 Å². The smallest absolute Gasteiger partial charge is 0.331 e. The number of para-hydroxylation sites is 1. The monoisotopic (exact) mass is 440 g/mol. The molecule has 2 aliphatic rings. The van der Waals surface area contributed by atoms with Crippen LogP contribution in [0.15, 0.2) is 41.5 Å². The number of anilines is 1. The van der Waals surface area contributed by atoms with Crippen LogP contribution in [-0.4, -0.2) is 97.5 Å². The van der Waals surface area contributed by atoms with Gasteiger partial charge in [-0.3, -0.25) is 19.6 Å². The lowest BCUT2D eigenvalue weighted by Gasteiger charge is -2.38. The molecular weight excluding hydrogens is 412 g/mol. The van der Waals surface area contributed by atoms with Gasteiger partial charge >= 0.3 is 6.03 Å². The van der Waals surface area contributed by atoms with E-state index in [1.54, 1.807) is 34.9 Å². The number of carbonyl (C=O) groups is 2. The van der Waals surface area contributed by atoms with Crippen molar-refractivity contribution in [3.63, 3.8) is 0 Å². The van der Waals surface area contributed by atoms with Crippen LogP contribution in [0, 0.1) is 0 Å². The normalized spacial score (nSPS) is 15.3. The van der Waals surface area contributed by atoms with Crippen molar-refractivity contribution in [2.45, 2.75) is 6.42 Å². The minimum Gasteiger partial charge on any atom is -0.383 e. The highest BCUT2D eigenvalue weighted by Crippen LogP contribution is 2.32. The predicted octanol–water partition coefficient (Wildman–Crippen LogP) is 1.39. The molecule has 10 nitrogen and oxygen atoms in total. The molecule has 0 N–H and O–H groups in total. The van der Waals surface area contributed by atoms with Gasteiger partial charge in [-0.15, -0.1) is 0 Å². The van der Waals surface area contributed by atoms with Gasteiger partial charge in [0.2, 0.25) is 5.91 Å².